The maximum atomic E-state index is 13.6. The molecule has 0 spiro atoms. The lowest BCUT2D eigenvalue weighted by atomic mass is 9.95. The molecule has 0 aromatic heterocycles. The summed E-state index contributed by atoms with van der Waals surface area (Å²) in [6, 6.07) is 4.48. The predicted molar refractivity (Wildman–Crippen MR) is 126 cm³/mol. The van der Waals surface area contributed by atoms with Gasteiger partial charge in [-0.3, -0.25) is 14.4 Å². The lowest BCUT2D eigenvalue weighted by Crippen LogP contribution is -2.59. The van der Waals surface area contributed by atoms with Gasteiger partial charge in [-0.15, -0.1) is 0 Å². The molecule has 0 saturated carbocycles. The summed E-state index contributed by atoms with van der Waals surface area (Å²) in [7, 11) is 1.20. The second kappa shape index (κ2) is 11.8. The Morgan fingerprint density at radius 3 is 2.03 bits per heavy atom. The number of alkyl carbamates (subject to hydrolysis) is 1. The zero-order valence-electron chi connectivity index (χ0n) is 21.2. The van der Waals surface area contributed by atoms with Crippen molar-refractivity contribution < 1.29 is 33.8 Å². The van der Waals surface area contributed by atoms with Crippen LogP contribution in [0.25, 0.3) is 0 Å². The van der Waals surface area contributed by atoms with Crippen molar-refractivity contribution in [3.63, 3.8) is 0 Å². The first-order valence-corrected chi connectivity index (χ1v) is 11.0. The third kappa shape index (κ3) is 8.66. The first-order valence-electron chi connectivity index (χ1n) is 11.0. The van der Waals surface area contributed by atoms with Crippen LogP contribution in [0.1, 0.15) is 58.7 Å². The summed E-state index contributed by atoms with van der Waals surface area (Å²) in [5, 5.41) is 14.8. The van der Waals surface area contributed by atoms with Gasteiger partial charge in [0, 0.05) is 5.54 Å². The number of aliphatic hydroxyl groups is 1. The molecule has 2 unspecified atom stereocenters. The molecule has 34 heavy (non-hydrogen) atoms. The highest BCUT2D eigenvalue weighted by atomic mass is 16.6. The van der Waals surface area contributed by atoms with Crippen LogP contribution in [0.4, 0.5) is 4.79 Å². The Balaban J connectivity index is 3.42. The van der Waals surface area contributed by atoms with Crippen LogP contribution in [-0.4, -0.2) is 71.3 Å². The number of nitrogens with zero attached hydrogens (tertiary/aromatic N) is 1. The smallest absolute Gasteiger partial charge is 0.408 e. The van der Waals surface area contributed by atoms with E-state index in [4.69, 9.17) is 4.74 Å². The Hall–Kier alpha value is -3.14. The third-order valence-corrected chi connectivity index (χ3v) is 4.67. The Morgan fingerprint density at radius 1 is 1.03 bits per heavy atom. The standard InChI is InChI=1S/C24H37N3O7/c1-15-9-11-16(12-10-15)19(20(30)25-13-18(29)33-8)27(23(2,3)4)21(31)17(14-28)26-22(32)34-24(5,6)7/h9-12,17,19,28H,13-14H2,1-8H3,(H,25,30)(H,26,32). The Bertz CT molecular complexity index is 870. The molecule has 0 aliphatic heterocycles. The van der Waals surface area contributed by atoms with Gasteiger partial charge in [0.15, 0.2) is 0 Å². The van der Waals surface area contributed by atoms with Crippen molar-refractivity contribution in [1.82, 2.24) is 15.5 Å². The molecule has 0 aliphatic rings. The number of hydrogen-bond donors (Lipinski definition) is 3. The second-order valence-corrected chi connectivity index (χ2v) is 9.87. The molecule has 2 atom stereocenters. The summed E-state index contributed by atoms with van der Waals surface area (Å²) < 4.78 is 9.79. The van der Waals surface area contributed by atoms with Crippen LogP contribution in [0.2, 0.25) is 0 Å². The van der Waals surface area contributed by atoms with Gasteiger partial charge in [0.2, 0.25) is 11.8 Å². The molecule has 0 bridgehead atoms. The molecule has 0 saturated heterocycles. The van der Waals surface area contributed by atoms with Gasteiger partial charge < -0.3 is 30.1 Å². The number of carbonyl (C=O) groups is 4. The molecule has 1 aromatic rings. The monoisotopic (exact) mass is 479 g/mol. The number of aliphatic hydroxyl groups excluding tert-OH is 1. The summed E-state index contributed by atoms with van der Waals surface area (Å²) in [6.07, 6.45) is -0.879. The Kier molecular flexibility index (Phi) is 10.0. The van der Waals surface area contributed by atoms with Crippen LogP contribution in [0, 0.1) is 6.92 Å². The highest BCUT2D eigenvalue weighted by molar-refractivity contribution is 5.93. The third-order valence-electron chi connectivity index (χ3n) is 4.67. The average Bonchev–Trinajstić information content (AvgIpc) is 2.71. The van der Waals surface area contributed by atoms with Gasteiger partial charge in [-0.1, -0.05) is 29.8 Å². The molecule has 190 valence electrons. The highest BCUT2D eigenvalue weighted by Crippen LogP contribution is 2.30. The van der Waals surface area contributed by atoms with E-state index in [1.807, 2.05) is 6.92 Å². The van der Waals surface area contributed by atoms with Crippen molar-refractivity contribution in [3.8, 4) is 0 Å². The largest absolute Gasteiger partial charge is 0.468 e. The van der Waals surface area contributed by atoms with Gasteiger partial charge in [0.1, 0.15) is 24.2 Å². The number of rotatable bonds is 8. The summed E-state index contributed by atoms with van der Waals surface area (Å²) in [6.45, 7) is 11.0. The lowest BCUT2D eigenvalue weighted by molar-refractivity contribution is -0.150. The summed E-state index contributed by atoms with van der Waals surface area (Å²) in [4.78, 5) is 52.1. The number of esters is 1. The van der Waals surface area contributed by atoms with E-state index in [1.165, 1.54) is 12.0 Å². The number of benzene rings is 1. The van der Waals surface area contributed by atoms with Crippen molar-refractivity contribution in [2.45, 2.75) is 71.7 Å². The van der Waals surface area contributed by atoms with Gasteiger partial charge in [0.25, 0.3) is 0 Å². The fourth-order valence-electron chi connectivity index (χ4n) is 3.14. The van der Waals surface area contributed by atoms with Crippen LogP contribution in [-0.2, 0) is 23.9 Å². The van der Waals surface area contributed by atoms with E-state index in [0.717, 1.165) is 5.56 Å². The van der Waals surface area contributed by atoms with E-state index >= 15 is 0 Å². The van der Waals surface area contributed by atoms with Crippen molar-refractivity contribution in [1.29, 1.82) is 0 Å². The van der Waals surface area contributed by atoms with Crippen molar-refractivity contribution in [2.24, 2.45) is 0 Å². The van der Waals surface area contributed by atoms with E-state index in [0.29, 0.717) is 5.56 Å². The molecule has 3 amide bonds. The molecule has 1 aromatic carbocycles. The topological polar surface area (TPSA) is 134 Å². The van der Waals surface area contributed by atoms with E-state index in [2.05, 4.69) is 15.4 Å². The highest BCUT2D eigenvalue weighted by Gasteiger charge is 2.41. The maximum absolute atomic E-state index is 13.6. The predicted octanol–water partition coefficient (Wildman–Crippen LogP) is 1.84. The SMILES string of the molecule is COC(=O)CNC(=O)C(c1ccc(C)cc1)N(C(=O)C(CO)NC(=O)OC(C)(C)C)C(C)(C)C. The van der Waals surface area contributed by atoms with Crippen LogP contribution < -0.4 is 10.6 Å². The number of carbonyl (C=O) groups excluding carboxylic acids is 4. The van der Waals surface area contributed by atoms with Gasteiger partial charge in [-0.25, -0.2) is 4.79 Å². The number of aryl methyl sites for hydroxylation is 1. The van der Waals surface area contributed by atoms with Crippen LogP contribution in [0.15, 0.2) is 24.3 Å². The van der Waals surface area contributed by atoms with Crippen LogP contribution >= 0.6 is 0 Å². The minimum atomic E-state index is -1.37. The average molecular weight is 480 g/mol. The van der Waals surface area contributed by atoms with Gasteiger partial charge in [-0.05, 0) is 54.0 Å². The summed E-state index contributed by atoms with van der Waals surface area (Å²) in [5.74, 6) is -1.96. The molecular weight excluding hydrogens is 442 g/mol. The normalized spacial score (nSPS) is 13.3. The quantitative estimate of drug-likeness (QED) is 0.484. The minimum Gasteiger partial charge on any atom is -0.468 e. The van der Waals surface area contributed by atoms with Crippen molar-refractivity contribution >= 4 is 23.9 Å². The number of methoxy groups -OCH3 is 1. The first kappa shape index (κ1) is 28.9. The van der Waals surface area contributed by atoms with E-state index in [1.54, 1.807) is 65.8 Å². The number of hydrogen-bond acceptors (Lipinski definition) is 7. The maximum Gasteiger partial charge on any atom is 0.408 e. The van der Waals surface area contributed by atoms with E-state index in [9.17, 15) is 24.3 Å². The van der Waals surface area contributed by atoms with Crippen LogP contribution in [0.3, 0.4) is 0 Å². The molecular formula is C24H37N3O7. The van der Waals surface area contributed by atoms with E-state index < -0.39 is 53.7 Å². The second-order valence-electron chi connectivity index (χ2n) is 9.87. The molecule has 0 radical (unpaired) electrons. The Morgan fingerprint density at radius 2 is 1.59 bits per heavy atom. The van der Waals surface area contributed by atoms with Gasteiger partial charge in [-0.2, -0.15) is 0 Å². The zero-order valence-corrected chi connectivity index (χ0v) is 21.2. The number of ether oxygens (including phenoxy) is 2. The van der Waals surface area contributed by atoms with Gasteiger partial charge >= 0.3 is 12.1 Å². The van der Waals surface area contributed by atoms with E-state index in [-0.39, 0.29) is 6.54 Å². The zero-order chi connectivity index (χ0) is 26.3. The molecule has 1 rings (SSSR count). The minimum absolute atomic E-state index is 0.385. The Labute approximate surface area is 201 Å². The molecule has 0 aliphatic carbocycles. The lowest BCUT2D eigenvalue weighted by Gasteiger charge is -2.42. The summed E-state index contributed by atoms with van der Waals surface area (Å²) >= 11 is 0. The number of nitrogens with one attached hydrogen (secondary N) is 2. The molecule has 10 heteroatoms. The number of amides is 3. The fourth-order valence-corrected chi connectivity index (χ4v) is 3.14. The first-order chi connectivity index (χ1) is 15.6. The summed E-state index contributed by atoms with van der Waals surface area (Å²) in [5.41, 5.74) is -0.288. The van der Waals surface area contributed by atoms with Crippen molar-refractivity contribution in [3.05, 3.63) is 35.4 Å². The molecule has 3 N–H and O–H groups in total. The van der Waals surface area contributed by atoms with Crippen molar-refractivity contribution in [2.75, 3.05) is 20.3 Å². The van der Waals surface area contributed by atoms with Crippen LogP contribution in [0.5, 0.6) is 0 Å². The fraction of sp³-hybridized carbons (Fsp3) is 0.583. The molecule has 0 heterocycles. The molecule has 10 nitrogen and oxygen atoms in total. The van der Waals surface area contributed by atoms with Gasteiger partial charge in [0.05, 0.1) is 13.7 Å². The molecule has 0 fully saturated rings.